The third-order valence-electron chi connectivity index (χ3n) is 3.49. The zero-order valence-corrected chi connectivity index (χ0v) is 13.0. The lowest BCUT2D eigenvalue weighted by molar-refractivity contribution is -0.123. The third kappa shape index (κ3) is 5.91. The molecule has 1 saturated heterocycles. The summed E-state index contributed by atoms with van der Waals surface area (Å²) in [6.45, 7) is 5.24. The molecular weight excluding hydrogens is 284 g/mol. The van der Waals surface area contributed by atoms with E-state index in [0.29, 0.717) is 18.0 Å². The van der Waals surface area contributed by atoms with Crippen LogP contribution in [0.5, 0.6) is 11.5 Å². The van der Waals surface area contributed by atoms with Crippen molar-refractivity contribution in [2.45, 2.75) is 6.42 Å². The maximum atomic E-state index is 11.7. The molecule has 6 nitrogen and oxygen atoms in total. The highest BCUT2D eigenvalue weighted by molar-refractivity contribution is 5.77. The number of nitrogens with one attached hydrogen (secondary N) is 1. The van der Waals surface area contributed by atoms with Crippen LogP contribution in [0.3, 0.4) is 0 Å². The fraction of sp³-hybridized carbons (Fsp3) is 0.562. The van der Waals surface area contributed by atoms with Crippen molar-refractivity contribution < 1.29 is 19.0 Å². The summed E-state index contributed by atoms with van der Waals surface area (Å²) >= 11 is 0. The van der Waals surface area contributed by atoms with Crippen molar-refractivity contribution in [1.82, 2.24) is 10.2 Å². The molecular formula is C16H24N2O4. The Bertz CT molecular complexity index is 461. The molecule has 1 N–H and O–H groups in total. The summed E-state index contributed by atoms with van der Waals surface area (Å²) in [5.41, 5.74) is 0. The second-order valence-electron chi connectivity index (χ2n) is 5.13. The maximum absolute atomic E-state index is 11.7. The molecule has 0 spiro atoms. The summed E-state index contributed by atoms with van der Waals surface area (Å²) in [4.78, 5) is 14.1. The molecule has 2 rings (SSSR count). The zero-order valence-electron chi connectivity index (χ0n) is 13.0. The Morgan fingerprint density at radius 3 is 2.86 bits per heavy atom. The Morgan fingerprint density at radius 2 is 2.09 bits per heavy atom. The van der Waals surface area contributed by atoms with Gasteiger partial charge in [0.1, 0.15) is 11.5 Å². The Labute approximate surface area is 131 Å². The van der Waals surface area contributed by atoms with Gasteiger partial charge < -0.3 is 19.5 Å². The van der Waals surface area contributed by atoms with Gasteiger partial charge in [0.2, 0.25) is 0 Å². The van der Waals surface area contributed by atoms with Crippen LogP contribution in [-0.4, -0.2) is 63.9 Å². The first-order chi connectivity index (χ1) is 10.8. The van der Waals surface area contributed by atoms with Gasteiger partial charge in [0.25, 0.3) is 5.91 Å². The molecule has 0 atom stereocenters. The van der Waals surface area contributed by atoms with E-state index in [4.69, 9.17) is 14.2 Å². The van der Waals surface area contributed by atoms with E-state index in [1.807, 2.05) is 12.1 Å². The van der Waals surface area contributed by atoms with Crippen molar-refractivity contribution in [1.29, 1.82) is 0 Å². The Morgan fingerprint density at radius 1 is 1.32 bits per heavy atom. The first-order valence-electron chi connectivity index (χ1n) is 7.61. The minimum atomic E-state index is -0.107. The lowest BCUT2D eigenvalue weighted by Crippen LogP contribution is -2.38. The predicted octanol–water partition coefficient (Wildman–Crippen LogP) is 0.913. The van der Waals surface area contributed by atoms with Gasteiger partial charge in [-0.15, -0.1) is 0 Å². The van der Waals surface area contributed by atoms with E-state index >= 15 is 0 Å². The monoisotopic (exact) mass is 308 g/mol. The first-order valence-corrected chi connectivity index (χ1v) is 7.61. The molecule has 0 unspecified atom stereocenters. The van der Waals surface area contributed by atoms with Gasteiger partial charge in [0.05, 0.1) is 20.3 Å². The van der Waals surface area contributed by atoms with E-state index in [1.54, 1.807) is 19.2 Å². The largest absolute Gasteiger partial charge is 0.497 e. The number of rotatable bonds is 8. The van der Waals surface area contributed by atoms with Crippen LogP contribution in [0.1, 0.15) is 6.42 Å². The zero-order chi connectivity index (χ0) is 15.6. The molecule has 1 amide bonds. The van der Waals surface area contributed by atoms with Crippen molar-refractivity contribution in [3.8, 4) is 11.5 Å². The standard InChI is InChI=1S/C16H24N2O4/c1-20-14-4-2-5-15(12-14)22-13-16(19)17-6-3-7-18-8-10-21-11-9-18/h2,4-5,12H,3,6-11,13H2,1H3,(H,17,19). The van der Waals surface area contributed by atoms with Gasteiger partial charge in [-0.2, -0.15) is 0 Å². The highest BCUT2D eigenvalue weighted by atomic mass is 16.5. The fourth-order valence-electron chi connectivity index (χ4n) is 2.25. The van der Waals surface area contributed by atoms with Gasteiger partial charge in [0.15, 0.2) is 6.61 Å². The molecule has 1 aromatic rings. The number of hydrogen-bond donors (Lipinski definition) is 1. The van der Waals surface area contributed by atoms with E-state index < -0.39 is 0 Å². The number of amides is 1. The summed E-state index contributed by atoms with van der Waals surface area (Å²) in [5, 5.41) is 2.87. The Hall–Kier alpha value is -1.79. The van der Waals surface area contributed by atoms with Crippen molar-refractivity contribution in [3.05, 3.63) is 24.3 Å². The molecule has 1 aromatic carbocycles. The summed E-state index contributed by atoms with van der Waals surface area (Å²) in [6, 6.07) is 7.22. The molecule has 22 heavy (non-hydrogen) atoms. The number of carbonyl (C=O) groups is 1. The summed E-state index contributed by atoms with van der Waals surface area (Å²) in [6.07, 6.45) is 0.935. The van der Waals surface area contributed by atoms with Gasteiger partial charge in [-0.05, 0) is 25.1 Å². The maximum Gasteiger partial charge on any atom is 0.257 e. The molecule has 1 fully saturated rings. The van der Waals surface area contributed by atoms with Crippen LogP contribution in [0.15, 0.2) is 24.3 Å². The van der Waals surface area contributed by atoms with Crippen LogP contribution < -0.4 is 14.8 Å². The molecule has 0 aromatic heterocycles. The summed E-state index contributed by atoms with van der Waals surface area (Å²) in [5.74, 6) is 1.23. The average molecular weight is 308 g/mol. The van der Waals surface area contributed by atoms with Gasteiger partial charge in [-0.25, -0.2) is 0 Å². The molecule has 1 aliphatic rings. The van der Waals surface area contributed by atoms with Crippen LogP contribution in [-0.2, 0) is 9.53 Å². The molecule has 1 aliphatic heterocycles. The second kappa shape index (κ2) is 9.27. The number of nitrogens with zero attached hydrogens (tertiary/aromatic N) is 1. The lowest BCUT2D eigenvalue weighted by Gasteiger charge is -2.26. The summed E-state index contributed by atoms with van der Waals surface area (Å²) in [7, 11) is 1.60. The van der Waals surface area contributed by atoms with E-state index in [0.717, 1.165) is 39.3 Å². The number of methoxy groups -OCH3 is 1. The highest BCUT2D eigenvalue weighted by Gasteiger charge is 2.09. The number of benzene rings is 1. The number of hydrogen-bond acceptors (Lipinski definition) is 5. The molecule has 0 radical (unpaired) electrons. The van der Waals surface area contributed by atoms with Crippen LogP contribution in [0, 0.1) is 0 Å². The van der Waals surface area contributed by atoms with Crippen LogP contribution in [0.2, 0.25) is 0 Å². The minimum absolute atomic E-state index is 0.0186. The van der Waals surface area contributed by atoms with Crippen LogP contribution in [0.25, 0.3) is 0 Å². The molecule has 6 heteroatoms. The van der Waals surface area contributed by atoms with Crippen LogP contribution >= 0.6 is 0 Å². The van der Waals surface area contributed by atoms with Gasteiger partial charge in [-0.1, -0.05) is 6.07 Å². The minimum Gasteiger partial charge on any atom is -0.497 e. The number of carbonyl (C=O) groups excluding carboxylic acids is 1. The third-order valence-corrected chi connectivity index (χ3v) is 3.49. The molecule has 1 heterocycles. The van der Waals surface area contributed by atoms with Gasteiger partial charge in [-0.3, -0.25) is 9.69 Å². The highest BCUT2D eigenvalue weighted by Crippen LogP contribution is 2.18. The summed E-state index contributed by atoms with van der Waals surface area (Å²) < 4.78 is 15.8. The van der Waals surface area contributed by atoms with Crippen molar-refractivity contribution in [3.63, 3.8) is 0 Å². The van der Waals surface area contributed by atoms with E-state index in [-0.39, 0.29) is 12.5 Å². The first kappa shape index (κ1) is 16.6. The molecule has 0 saturated carbocycles. The Balaban J connectivity index is 1.57. The van der Waals surface area contributed by atoms with E-state index in [2.05, 4.69) is 10.2 Å². The smallest absolute Gasteiger partial charge is 0.257 e. The lowest BCUT2D eigenvalue weighted by atomic mass is 10.3. The number of morpholine rings is 1. The molecule has 0 aliphatic carbocycles. The quantitative estimate of drug-likeness (QED) is 0.724. The van der Waals surface area contributed by atoms with Crippen molar-refractivity contribution in [2.75, 3.05) is 53.1 Å². The van der Waals surface area contributed by atoms with E-state index in [1.165, 1.54) is 0 Å². The Kier molecular flexibility index (Phi) is 6.99. The number of ether oxygens (including phenoxy) is 3. The fourth-order valence-corrected chi connectivity index (χ4v) is 2.25. The van der Waals surface area contributed by atoms with Crippen molar-refractivity contribution >= 4 is 5.91 Å². The average Bonchev–Trinajstić information content (AvgIpc) is 2.58. The van der Waals surface area contributed by atoms with Gasteiger partial charge >= 0.3 is 0 Å². The molecule has 122 valence electrons. The SMILES string of the molecule is COc1cccc(OCC(=O)NCCCN2CCOCC2)c1. The van der Waals surface area contributed by atoms with Crippen molar-refractivity contribution in [2.24, 2.45) is 0 Å². The van der Waals surface area contributed by atoms with Gasteiger partial charge in [0, 0.05) is 25.7 Å². The second-order valence-corrected chi connectivity index (χ2v) is 5.13. The normalized spacial score (nSPS) is 15.3. The van der Waals surface area contributed by atoms with Crippen LogP contribution in [0.4, 0.5) is 0 Å². The molecule has 0 bridgehead atoms. The topological polar surface area (TPSA) is 60.0 Å². The predicted molar refractivity (Wildman–Crippen MR) is 83.4 cm³/mol. The van der Waals surface area contributed by atoms with E-state index in [9.17, 15) is 4.79 Å².